The molecule has 0 aromatic rings. The van der Waals surface area contributed by atoms with E-state index >= 15 is 0 Å². The maximum absolute atomic E-state index is 6.28. The molecule has 0 aliphatic carbocycles. The summed E-state index contributed by atoms with van der Waals surface area (Å²) in [6, 6.07) is 1.38. The Bertz CT molecular complexity index is 360. The highest BCUT2D eigenvalue weighted by molar-refractivity contribution is 5.04. The first-order valence-corrected chi connectivity index (χ1v) is 8.31. The number of piperazine rings is 1. The van der Waals surface area contributed by atoms with E-state index in [9.17, 15) is 0 Å². The van der Waals surface area contributed by atoms with Gasteiger partial charge >= 0.3 is 0 Å². The number of nitrogens with two attached hydrogens (primary N) is 1. The molecule has 20 heavy (non-hydrogen) atoms. The molecule has 3 aliphatic rings. The van der Waals surface area contributed by atoms with Crippen LogP contribution in [0, 0.1) is 0 Å². The van der Waals surface area contributed by atoms with Gasteiger partial charge in [0.05, 0.1) is 5.60 Å². The Morgan fingerprint density at radius 3 is 2.80 bits per heavy atom. The van der Waals surface area contributed by atoms with Crippen LogP contribution in [0.15, 0.2) is 0 Å². The molecule has 3 atom stereocenters. The summed E-state index contributed by atoms with van der Waals surface area (Å²) in [5.41, 5.74) is 6.39. The zero-order valence-corrected chi connectivity index (χ0v) is 13.4. The Labute approximate surface area is 123 Å². The van der Waals surface area contributed by atoms with Gasteiger partial charge in [-0.05, 0) is 53.0 Å². The highest BCUT2D eigenvalue weighted by Gasteiger charge is 2.48. The largest absolute Gasteiger partial charge is 0.375 e. The first-order valence-electron chi connectivity index (χ1n) is 8.31. The van der Waals surface area contributed by atoms with Gasteiger partial charge in [0.25, 0.3) is 0 Å². The van der Waals surface area contributed by atoms with Crippen molar-refractivity contribution >= 4 is 0 Å². The third-order valence-corrected chi connectivity index (χ3v) is 5.74. The molecule has 0 aromatic carbocycles. The Morgan fingerprint density at radius 2 is 2.10 bits per heavy atom. The van der Waals surface area contributed by atoms with Crippen LogP contribution in [-0.4, -0.2) is 65.8 Å². The van der Waals surface area contributed by atoms with Crippen LogP contribution < -0.4 is 5.73 Å². The standard InChI is InChI=1S/C16H31N3O/c1-13-9-18-7-4-5-14(18)10-19(13)16(12-17)6-8-20-15(2,3)11-16/h13-14H,4-12,17H2,1-3H3. The van der Waals surface area contributed by atoms with E-state index in [1.807, 2.05) is 0 Å². The monoisotopic (exact) mass is 281 g/mol. The van der Waals surface area contributed by atoms with Crippen LogP contribution in [0.4, 0.5) is 0 Å². The molecule has 3 fully saturated rings. The SMILES string of the molecule is CC1CN2CCCC2CN1C1(CN)CCOC(C)(C)C1. The summed E-state index contributed by atoms with van der Waals surface area (Å²) < 4.78 is 5.94. The van der Waals surface area contributed by atoms with Crippen molar-refractivity contribution in [3.8, 4) is 0 Å². The van der Waals surface area contributed by atoms with Crippen molar-refractivity contribution in [1.82, 2.24) is 9.80 Å². The molecule has 0 amide bonds. The van der Waals surface area contributed by atoms with E-state index in [1.165, 1.54) is 32.5 Å². The summed E-state index contributed by atoms with van der Waals surface area (Å²) in [4.78, 5) is 5.43. The molecule has 0 radical (unpaired) electrons. The second kappa shape index (κ2) is 5.24. The molecule has 3 unspecified atom stereocenters. The molecule has 0 bridgehead atoms. The predicted molar refractivity (Wildman–Crippen MR) is 81.8 cm³/mol. The Hall–Kier alpha value is -0.160. The second-order valence-electron chi connectivity index (χ2n) is 7.76. The van der Waals surface area contributed by atoms with E-state index in [-0.39, 0.29) is 11.1 Å². The lowest BCUT2D eigenvalue weighted by molar-refractivity contribution is -0.138. The Kier molecular flexibility index (Phi) is 3.87. The highest BCUT2D eigenvalue weighted by atomic mass is 16.5. The van der Waals surface area contributed by atoms with Gasteiger partial charge in [0.15, 0.2) is 0 Å². The summed E-state index contributed by atoms with van der Waals surface area (Å²) in [6.45, 7) is 12.1. The van der Waals surface area contributed by atoms with Gasteiger partial charge in [0.2, 0.25) is 0 Å². The minimum absolute atomic E-state index is 0.0375. The second-order valence-corrected chi connectivity index (χ2v) is 7.76. The summed E-state index contributed by atoms with van der Waals surface area (Å²) in [6.07, 6.45) is 4.89. The summed E-state index contributed by atoms with van der Waals surface area (Å²) in [7, 11) is 0. The molecular formula is C16H31N3O. The molecule has 116 valence electrons. The average molecular weight is 281 g/mol. The first-order chi connectivity index (χ1) is 9.46. The minimum Gasteiger partial charge on any atom is -0.375 e. The summed E-state index contributed by atoms with van der Waals surface area (Å²) in [5, 5.41) is 0. The lowest BCUT2D eigenvalue weighted by Crippen LogP contribution is -2.68. The fraction of sp³-hybridized carbons (Fsp3) is 1.00. The summed E-state index contributed by atoms with van der Waals surface area (Å²) in [5.74, 6) is 0. The van der Waals surface area contributed by atoms with Crippen LogP contribution in [0.25, 0.3) is 0 Å². The van der Waals surface area contributed by atoms with Crippen LogP contribution in [0.2, 0.25) is 0 Å². The Morgan fingerprint density at radius 1 is 1.30 bits per heavy atom. The molecule has 3 aliphatic heterocycles. The van der Waals surface area contributed by atoms with Crippen LogP contribution in [0.3, 0.4) is 0 Å². The molecule has 4 nitrogen and oxygen atoms in total. The predicted octanol–water partition coefficient (Wildman–Crippen LogP) is 1.44. The van der Waals surface area contributed by atoms with E-state index in [2.05, 4.69) is 30.6 Å². The normalized spacial score (nSPS) is 42.6. The third-order valence-electron chi connectivity index (χ3n) is 5.74. The van der Waals surface area contributed by atoms with Gasteiger partial charge in [0, 0.05) is 43.9 Å². The van der Waals surface area contributed by atoms with E-state index < -0.39 is 0 Å². The molecule has 3 saturated heterocycles. The minimum atomic E-state index is -0.0375. The molecule has 3 heterocycles. The van der Waals surface area contributed by atoms with Crippen molar-refractivity contribution in [2.24, 2.45) is 5.73 Å². The number of hydrogen-bond donors (Lipinski definition) is 1. The molecular weight excluding hydrogens is 250 g/mol. The molecule has 3 rings (SSSR count). The van der Waals surface area contributed by atoms with Gasteiger partial charge in [-0.3, -0.25) is 9.80 Å². The summed E-state index contributed by atoms with van der Waals surface area (Å²) >= 11 is 0. The maximum atomic E-state index is 6.28. The fourth-order valence-corrected chi connectivity index (χ4v) is 4.83. The van der Waals surface area contributed by atoms with Gasteiger partial charge in [-0.1, -0.05) is 0 Å². The third kappa shape index (κ3) is 2.52. The van der Waals surface area contributed by atoms with Crippen molar-refractivity contribution in [2.45, 2.75) is 69.7 Å². The van der Waals surface area contributed by atoms with Gasteiger partial charge in [0.1, 0.15) is 0 Å². The van der Waals surface area contributed by atoms with Gasteiger partial charge in [-0.25, -0.2) is 0 Å². The topological polar surface area (TPSA) is 41.7 Å². The number of ether oxygens (including phenoxy) is 1. The van der Waals surface area contributed by atoms with Crippen molar-refractivity contribution < 1.29 is 4.74 Å². The number of rotatable bonds is 2. The van der Waals surface area contributed by atoms with Crippen LogP contribution in [-0.2, 0) is 4.74 Å². The number of fused-ring (bicyclic) bond motifs is 1. The molecule has 0 spiro atoms. The molecule has 0 aromatic heterocycles. The molecule has 2 N–H and O–H groups in total. The maximum Gasteiger partial charge on any atom is 0.0644 e. The molecule has 0 saturated carbocycles. The van der Waals surface area contributed by atoms with E-state index in [0.29, 0.717) is 6.04 Å². The fourth-order valence-electron chi connectivity index (χ4n) is 4.83. The van der Waals surface area contributed by atoms with Gasteiger partial charge in [-0.15, -0.1) is 0 Å². The number of hydrogen-bond acceptors (Lipinski definition) is 4. The van der Waals surface area contributed by atoms with Gasteiger partial charge in [-0.2, -0.15) is 0 Å². The average Bonchev–Trinajstić information content (AvgIpc) is 2.83. The van der Waals surface area contributed by atoms with Crippen LogP contribution in [0.5, 0.6) is 0 Å². The van der Waals surface area contributed by atoms with E-state index in [1.54, 1.807) is 0 Å². The van der Waals surface area contributed by atoms with Crippen molar-refractivity contribution in [2.75, 3.05) is 32.8 Å². The smallest absolute Gasteiger partial charge is 0.0644 e. The van der Waals surface area contributed by atoms with E-state index in [4.69, 9.17) is 10.5 Å². The van der Waals surface area contributed by atoms with Crippen molar-refractivity contribution in [3.63, 3.8) is 0 Å². The van der Waals surface area contributed by atoms with Crippen molar-refractivity contribution in [1.29, 1.82) is 0 Å². The zero-order valence-electron chi connectivity index (χ0n) is 13.4. The van der Waals surface area contributed by atoms with Gasteiger partial charge < -0.3 is 10.5 Å². The van der Waals surface area contributed by atoms with Crippen LogP contribution >= 0.6 is 0 Å². The zero-order chi connectivity index (χ0) is 14.4. The first kappa shape index (κ1) is 14.8. The Balaban J connectivity index is 1.81. The lowest BCUT2D eigenvalue weighted by Gasteiger charge is -2.56. The number of nitrogens with zero attached hydrogens (tertiary/aromatic N) is 2. The van der Waals surface area contributed by atoms with Crippen molar-refractivity contribution in [3.05, 3.63) is 0 Å². The molecule has 4 heteroatoms. The lowest BCUT2D eigenvalue weighted by atomic mass is 9.78. The highest BCUT2D eigenvalue weighted by Crippen LogP contribution is 2.39. The van der Waals surface area contributed by atoms with Crippen LogP contribution in [0.1, 0.15) is 46.5 Å². The quantitative estimate of drug-likeness (QED) is 0.832. The van der Waals surface area contributed by atoms with E-state index in [0.717, 1.165) is 32.0 Å².